The molecule has 2 aliphatic heterocycles. The number of pyridine rings is 1. The summed E-state index contributed by atoms with van der Waals surface area (Å²) < 4.78 is 19.3. The predicted octanol–water partition coefficient (Wildman–Crippen LogP) is 4.28. The van der Waals surface area contributed by atoms with Crippen molar-refractivity contribution in [3.05, 3.63) is 23.9 Å². The minimum atomic E-state index is -0.665. The molecule has 0 N–H and O–H groups in total. The Kier molecular flexibility index (Phi) is 5.61. The molecule has 3 aromatic heterocycles. The van der Waals surface area contributed by atoms with E-state index in [9.17, 15) is 5.26 Å². The number of morpholine rings is 1. The Balaban J connectivity index is 1.68. The van der Waals surface area contributed by atoms with Gasteiger partial charge in [0, 0.05) is 19.3 Å². The minimum Gasteiger partial charge on any atom is -0.377 e. The van der Waals surface area contributed by atoms with Crippen molar-refractivity contribution in [2.45, 2.75) is 57.7 Å². The molecule has 2 saturated heterocycles. The lowest BCUT2D eigenvalue weighted by Crippen LogP contribution is -2.44. The first-order valence-electron chi connectivity index (χ1n) is 11.2. The molecule has 0 aliphatic carbocycles. The van der Waals surface area contributed by atoms with Gasteiger partial charge in [0.25, 0.3) is 0 Å². The van der Waals surface area contributed by atoms with Gasteiger partial charge in [-0.15, -0.1) is 0 Å². The van der Waals surface area contributed by atoms with E-state index in [1.165, 1.54) is 11.5 Å². The van der Waals surface area contributed by atoms with Crippen LogP contribution in [-0.4, -0.2) is 51.5 Å². The van der Waals surface area contributed by atoms with Gasteiger partial charge in [-0.3, -0.25) is 0 Å². The van der Waals surface area contributed by atoms with Crippen LogP contribution in [0.15, 0.2) is 18.3 Å². The highest BCUT2D eigenvalue weighted by atomic mass is 32.1. The Bertz CT molecular complexity index is 1160. The molecule has 9 heteroatoms. The molecule has 2 fully saturated rings. The van der Waals surface area contributed by atoms with Gasteiger partial charge in [0.05, 0.1) is 41.1 Å². The highest BCUT2D eigenvalue weighted by Crippen LogP contribution is 2.40. The largest absolute Gasteiger partial charge is 0.377 e. The van der Waals surface area contributed by atoms with Crippen molar-refractivity contribution < 1.29 is 9.47 Å². The number of ether oxygens (including phenoxy) is 2. The summed E-state index contributed by atoms with van der Waals surface area (Å²) in [5.74, 6) is 0.869. The first kappa shape index (κ1) is 21.3. The summed E-state index contributed by atoms with van der Waals surface area (Å²) in [6, 6.07) is 6.73. The van der Waals surface area contributed by atoms with Crippen LogP contribution in [0.2, 0.25) is 0 Å². The number of rotatable bonds is 4. The van der Waals surface area contributed by atoms with Gasteiger partial charge < -0.3 is 14.4 Å². The van der Waals surface area contributed by atoms with E-state index in [-0.39, 0.29) is 12.3 Å². The van der Waals surface area contributed by atoms with Gasteiger partial charge in [0.15, 0.2) is 6.23 Å². The van der Waals surface area contributed by atoms with Crippen molar-refractivity contribution in [1.29, 1.82) is 5.26 Å². The van der Waals surface area contributed by atoms with Crippen LogP contribution in [0.1, 0.15) is 51.8 Å². The standard InChI is InChI=1S/C23H28N6O2S/c1-15-13-30-11-9-28(15)18-12-16(23(2,3)14-24)22-21(26-18)20(27-32-22)17-7-8-25-29(17)19-6-4-5-10-31-19/h7-8,12,15,19H,4-6,9-11,13H2,1-3H3/t15-,19?/m0/s1. The summed E-state index contributed by atoms with van der Waals surface area (Å²) in [7, 11) is 0. The molecular weight excluding hydrogens is 424 g/mol. The molecule has 0 radical (unpaired) electrons. The number of aromatic nitrogens is 4. The summed E-state index contributed by atoms with van der Waals surface area (Å²) in [5, 5.41) is 14.5. The Labute approximate surface area is 191 Å². The third-order valence-electron chi connectivity index (χ3n) is 6.37. The highest BCUT2D eigenvalue weighted by Gasteiger charge is 2.30. The topological polar surface area (TPSA) is 89.1 Å². The Morgan fingerprint density at radius 3 is 2.91 bits per heavy atom. The number of nitrogens with zero attached hydrogens (tertiary/aromatic N) is 6. The van der Waals surface area contributed by atoms with E-state index in [1.54, 1.807) is 6.20 Å². The maximum Gasteiger partial charge on any atom is 0.150 e. The van der Waals surface area contributed by atoms with E-state index >= 15 is 0 Å². The van der Waals surface area contributed by atoms with Gasteiger partial charge in [-0.05, 0) is 69.3 Å². The molecule has 0 spiro atoms. The molecule has 5 heterocycles. The van der Waals surface area contributed by atoms with Crippen molar-refractivity contribution >= 4 is 27.6 Å². The fourth-order valence-corrected chi connectivity index (χ4v) is 5.47. The summed E-state index contributed by atoms with van der Waals surface area (Å²) in [6.07, 6.45) is 4.87. The zero-order chi connectivity index (χ0) is 22.3. The fraction of sp³-hybridized carbons (Fsp3) is 0.565. The molecule has 0 saturated carbocycles. The van der Waals surface area contributed by atoms with Crippen LogP contribution in [-0.2, 0) is 14.9 Å². The molecule has 8 nitrogen and oxygen atoms in total. The maximum atomic E-state index is 9.91. The second-order valence-electron chi connectivity index (χ2n) is 9.07. The maximum absolute atomic E-state index is 9.91. The molecular formula is C23H28N6O2S. The molecule has 2 atom stereocenters. The predicted molar refractivity (Wildman–Crippen MR) is 124 cm³/mol. The lowest BCUT2D eigenvalue weighted by Gasteiger charge is -2.35. The molecule has 0 bridgehead atoms. The third kappa shape index (κ3) is 3.66. The average molecular weight is 453 g/mol. The molecule has 5 rings (SSSR count). The molecule has 0 aromatic carbocycles. The average Bonchev–Trinajstić information content (AvgIpc) is 3.46. The van der Waals surface area contributed by atoms with Crippen LogP contribution >= 0.6 is 11.5 Å². The Morgan fingerprint density at radius 1 is 1.28 bits per heavy atom. The number of hydrogen-bond acceptors (Lipinski definition) is 8. The number of fused-ring (bicyclic) bond motifs is 1. The van der Waals surface area contributed by atoms with Crippen LogP contribution < -0.4 is 4.90 Å². The van der Waals surface area contributed by atoms with Crippen molar-refractivity contribution in [2.24, 2.45) is 0 Å². The molecule has 32 heavy (non-hydrogen) atoms. The van der Waals surface area contributed by atoms with Crippen LogP contribution in [0.5, 0.6) is 0 Å². The summed E-state index contributed by atoms with van der Waals surface area (Å²) in [6.45, 7) is 8.90. The Hall–Kier alpha value is -2.54. The number of anilines is 1. The van der Waals surface area contributed by atoms with Crippen molar-refractivity contribution in [1.82, 2.24) is 19.1 Å². The fourth-order valence-electron chi connectivity index (χ4n) is 4.46. The van der Waals surface area contributed by atoms with E-state index in [0.29, 0.717) is 13.2 Å². The Morgan fingerprint density at radius 2 is 2.16 bits per heavy atom. The highest BCUT2D eigenvalue weighted by molar-refractivity contribution is 7.13. The van der Waals surface area contributed by atoms with Crippen LogP contribution in [0.4, 0.5) is 5.82 Å². The van der Waals surface area contributed by atoms with E-state index < -0.39 is 5.41 Å². The minimum absolute atomic E-state index is 0.0806. The van der Waals surface area contributed by atoms with Gasteiger partial charge in [0.1, 0.15) is 17.0 Å². The smallest absolute Gasteiger partial charge is 0.150 e. The number of hydrogen-bond donors (Lipinski definition) is 0. The van der Waals surface area contributed by atoms with Gasteiger partial charge in [-0.1, -0.05) is 0 Å². The molecule has 0 amide bonds. The molecule has 1 unspecified atom stereocenters. The van der Waals surface area contributed by atoms with E-state index in [4.69, 9.17) is 18.8 Å². The zero-order valence-corrected chi connectivity index (χ0v) is 19.6. The SMILES string of the molecule is C[C@H]1COCCN1c1cc(C(C)(C)C#N)c2snc(-c3ccnn3C3CCCCO3)c2n1. The van der Waals surface area contributed by atoms with E-state index in [2.05, 4.69) is 29.1 Å². The summed E-state index contributed by atoms with van der Waals surface area (Å²) in [4.78, 5) is 7.35. The first-order chi connectivity index (χ1) is 15.5. The quantitative estimate of drug-likeness (QED) is 0.584. The van der Waals surface area contributed by atoms with Crippen LogP contribution in [0.25, 0.3) is 21.6 Å². The van der Waals surface area contributed by atoms with Crippen molar-refractivity contribution in [3.63, 3.8) is 0 Å². The van der Waals surface area contributed by atoms with Gasteiger partial charge in [0.2, 0.25) is 0 Å². The van der Waals surface area contributed by atoms with Crippen molar-refractivity contribution in [3.8, 4) is 17.5 Å². The van der Waals surface area contributed by atoms with E-state index in [0.717, 1.165) is 65.4 Å². The lowest BCUT2D eigenvalue weighted by molar-refractivity contribution is -0.0383. The normalized spacial score (nSPS) is 22.2. The van der Waals surface area contributed by atoms with Gasteiger partial charge >= 0.3 is 0 Å². The van der Waals surface area contributed by atoms with Gasteiger partial charge in [-0.25, -0.2) is 9.67 Å². The van der Waals surface area contributed by atoms with Gasteiger partial charge in [-0.2, -0.15) is 14.7 Å². The summed E-state index contributed by atoms with van der Waals surface area (Å²) in [5.41, 5.74) is 2.82. The molecule has 3 aromatic rings. The summed E-state index contributed by atoms with van der Waals surface area (Å²) >= 11 is 1.40. The van der Waals surface area contributed by atoms with Crippen LogP contribution in [0, 0.1) is 11.3 Å². The van der Waals surface area contributed by atoms with E-state index in [1.807, 2.05) is 24.6 Å². The second kappa shape index (κ2) is 8.43. The van der Waals surface area contributed by atoms with Crippen LogP contribution in [0.3, 0.4) is 0 Å². The molecule has 2 aliphatic rings. The second-order valence-corrected chi connectivity index (χ2v) is 9.85. The monoisotopic (exact) mass is 452 g/mol. The first-order valence-corrected chi connectivity index (χ1v) is 12.0. The van der Waals surface area contributed by atoms with Crippen molar-refractivity contribution in [2.75, 3.05) is 31.3 Å². The zero-order valence-electron chi connectivity index (χ0n) is 18.7. The lowest BCUT2D eigenvalue weighted by atomic mass is 9.86. The molecule has 168 valence electrons. The number of nitriles is 1. The third-order valence-corrected chi connectivity index (χ3v) is 7.24.